The van der Waals surface area contributed by atoms with Gasteiger partial charge >= 0.3 is 0 Å². The lowest BCUT2D eigenvalue weighted by Gasteiger charge is -2.09. The van der Waals surface area contributed by atoms with Crippen LogP contribution in [0.15, 0.2) is 48.5 Å². The number of ketones is 1. The predicted molar refractivity (Wildman–Crippen MR) is 80.9 cm³/mol. The molecule has 1 aliphatic rings. The molecule has 21 heavy (non-hydrogen) atoms. The first-order valence-electron chi connectivity index (χ1n) is 7.16. The summed E-state index contributed by atoms with van der Waals surface area (Å²) in [6.07, 6.45) is 1.61. The molecule has 0 spiro atoms. The molecule has 1 unspecified atom stereocenters. The number of ether oxygens (including phenoxy) is 2. The van der Waals surface area contributed by atoms with E-state index < -0.39 is 0 Å². The molecule has 0 aliphatic carbocycles. The zero-order chi connectivity index (χ0) is 14.7. The number of rotatable bonds is 5. The molecule has 0 amide bonds. The van der Waals surface area contributed by atoms with Gasteiger partial charge in [-0.2, -0.15) is 0 Å². The van der Waals surface area contributed by atoms with Crippen LogP contribution in [-0.4, -0.2) is 19.0 Å². The Kier molecular flexibility index (Phi) is 3.91. The van der Waals surface area contributed by atoms with Gasteiger partial charge < -0.3 is 9.47 Å². The quantitative estimate of drug-likeness (QED) is 0.845. The molecular weight excluding hydrogens is 264 g/mol. The number of para-hydroxylation sites is 1. The second-order valence-corrected chi connectivity index (χ2v) is 5.23. The number of carbonyl (C=O) groups is 1. The van der Waals surface area contributed by atoms with Crippen molar-refractivity contribution in [3.8, 4) is 11.5 Å². The Morgan fingerprint density at radius 2 is 1.95 bits per heavy atom. The molecule has 0 saturated carbocycles. The Labute approximate surface area is 124 Å². The van der Waals surface area contributed by atoms with E-state index in [9.17, 15) is 4.79 Å². The van der Waals surface area contributed by atoms with Gasteiger partial charge in [-0.3, -0.25) is 4.79 Å². The van der Waals surface area contributed by atoms with Crippen LogP contribution in [0.4, 0.5) is 0 Å². The van der Waals surface area contributed by atoms with E-state index in [0.29, 0.717) is 12.8 Å². The Morgan fingerprint density at radius 1 is 1.19 bits per heavy atom. The number of methoxy groups -OCH3 is 1. The minimum atomic E-state index is -0.319. The Morgan fingerprint density at radius 3 is 2.67 bits per heavy atom. The summed E-state index contributed by atoms with van der Waals surface area (Å²) in [5.74, 6) is 1.85. The van der Waals surface area contributed by atoms with Crippen LogP contribution in [0, 0.1) is 0 Å². The predicted octanol–water partition coefficient (Wildman–Crippen LogP) is 3.20. The van der Waals surface area contributed by atoms with E-state index in [0.717, 1.165) is 29.0 Å². The average Bonchev–Trinajstić information content (AvgIpc) is 2.97. The summed E-state index contributed by atoms with van der Waals surface area (Å²) < 4.78 is 10.8. The third-order valence-corrected chi connectivity index (χ3v) is 3.83. The van der Waals surface area contributed by atoms with E-state index in [1.807, 2.05) is 48.5 Å². The van der Waals surface area contributed by atoms with Crippen molar-refractivity contribution in [3.63, 3.8) is 0 Å². The van der Waals surface area contributed by atoms with Gasteiger partial charge in [0, 0.05) is 12.8 Å². The summed E-state index contributed by atoms with van der Waals surface area (Å²) in [5, 5.41) is 0. The average molecular weight is 282 g/mol. The molecule has 3 rings (SSSR count). The topological polar surface area (TPSA) is 35.5 Å². The largest absolute Gasteiger partial charge is 0.497 e. The minimum absolute atomic E-state index is 0.169. The third kappa shape index (κ3) is 3.07. The maximum atomic E-state index is 12.3. The fourth-order valence-corrected chi connectivity index (χ4v) is 2.58. The van der Waals surface area contributed by atoms with Gasteiger partial charge in [0.15, 0.2) is 11.9 Å². The van der Waals surface area contributed by atoms with Crippen molar-refractivity contribution >= 4 is 5.78 Å². The summed E-state index contributed by atoms with van der Waals surface area (Å²) >= 11 is 0. The zero-order valence-corrected chi connectivity index (χ0v) is 12.0. The maximum absolute atomic E-state index is 12.3. The van der Waals surface area contributed by atoms with Gasteiger partial charge in [0.1, 0.15) is 11.5 Å². The van der Waals surface area contributed by atoms with E-state index in [-0.39, 0.29) is 11.9 Å². The van der Waals surface area contributed by atoms with Crippen molar-refractivity contribution in [1.29, 1.82) is 0 Å². The van der Waals surface area contributed by atoms with Crippen molar-refractivity contribution in [3.05, 3.63) is 59.7 Å². The van der Waals surface area contributed by atoms with Crippen LogP contribution < -0.4 is 9.47 Å². The molecule has 0 radical (unpaired) electrons. The molecule has 3 nitrogen and oxygen atoms in total. The Hall–Kier alpha value is -2.29. The van der Waals surface area contributed by atoms with E-state index in [1.54, 1.807) is 7.11 Å². The van der Waals surface area contributed by atoms with Crippen LogP contribution in [0.1, 0.15) is 17.5 Å². The summed E-state index contributed by atoms with van der Waals surface area (Å²) in [7, 11) is 1.65. The van der Waals surface area contributed by atoms with Crippen molar-refractivity contribution in [2.75, 3.05) is 7.11 Å². The summed E-state index contributed by atoms with van der Waals surface area (Å²) in [6.45, 7) is 0. The van der Waals surface area contributed by atoms with Crippen LogP contribution >= 0.6 is 0 Å². The third-order valence-electron chi connectivity index (χ3n) is 3.83. The lowest BCUT2D eigenvalue weighted by Crippen LogP contribution is -2.25. The molecule has 0 saturated heterocycles. The molecule has 3 heteroatoms. The number of hydrogen-bond donors (Lipinski definition) is 0. The lowest BCUT2D eigenvalue weighted by atomic mass is 10.0. The first-order chi connectivity index (χ1) is 10.3. The second kappa shape index (κ2) is 6.00. The van der Waals surface area contributed by atoms with Gasteiger partial charge in [-0.05, 0) is 35.7 Å². The molecule has 1 atom stereocenters. The standard InChI is InChI=1S/C18H18O3/c1-20-15-9-6-13(7-10-15)8-11-16(19)18-12-14-4-2-3-5-17(14)21-18/h2-7,9-10,18H,8,11-12H2,1H3. The fraction of sp³-hybridized carbons (Fsp3) is 0.278. The Balaban J connectivity index is 1.55. The van der Waals surface area contributed by atoms with Gasteiger partial charge in [-0.1, -0.05) is 30.3 Å². The highest BCUT2D eigenvalue weighted by molar-refractivity contribution is 5.84. The van der Waals surface area contributed by atoms with Crippen molar-refractivity contribution in [1.82, 2.24) is 0 Å². The number of Topliss-reactive ketones (excluding diaryl/α,β-unsaturated/α-hetero) is 1. The minimum Gasteiger partial charge on any atom is -0.497 e. The molecule has 2 aromatic rings. The maximum Gasteiger partial charge on any atom is 0.173 e. The molecule has 0 bridgehead atoms. The van der Waals surface area contributed by atoms with Gasteiger partial charge in [-0.25, -0.2) is 0 Å². The van der Waals surface area contributed by atoms with Crippen LogP contribution in [0.2, 0.25) is 0 Å². The van der Waals surface area contributed by atoms with Crippen LogP contribution in [0.25, 0.3) is 0 Å². The number of aryl methyl sites for hydroxylation is 1. The van der Waals surface area contributed by atoms with E-state index in [4.69, 9.17) is 9.47 Å². The molecule has 0 N–H and O–H groups in total. The van der Waals surface area contributed by atoms with Gasteiger partial charge in [0.2, 0.25) is 0 Å². The summed E-state index contributed by atoms with van der Waals surface area (Å²) in [6, 6.07) is 15.7. The molecular formula is C18H18O3. The van der Waals surface area contributed by atoms with Crippen LogP contribution in [0.5, 0.6) is 11.5 Å². The van der Waals surface area contributed by atoms with E-state index >= 15 is 0 Å². The van der Waals surface area contributed by atoms with Crippen LogP contribution in [0.3, 0.4) is 0 Å². The van der Waals surface area contributed by atoms with E-state index in [1.165, 1.54) is 0 Å². The van der Waals surface area contributed by atoms with Crippen molar-refractivity contribution in [2.24, 2.45) is 0 Å². The monoisotopic (exact) mass is 282 g/mol. The van der Waals surface area contributed by atoms with Crippen LogP contribution in [-0.2, 0) is 17.6 Å². The summed E-state index contributed by atoms with van der Waals surface area (Å²) in [5.41, 5.74) is 2.26. The number of hydrogen-bond acceptors (Lipinski definition) is 3. The normalized spacial score (nSPS) is 16.1. The lowest BCUT2D eigenvalue weighted by molar-refractivity contribution is -0.125. The van der Waals surface area contributed by atoms with E-state index in [2.05, 4.69) is 0 Å². The molecule has 1 heterocycles. The van der Waals surface area contributed by atoms with Gasteiger partial charge in [0.05, 0.1) is 7.11 Å². The molecule has 2 aromatic carbocycles. The summed E-state index contributed by atoms with van der Waals surface area (Å²) in [4.78, 5) is 12.3. The van der Waals surface area contributed by atoms with Crippen molar-refractivity contribution in [2.45, 2.75) is 25.4 Å². The molecule has 0 aromatic heterocycles. The Bertz CT molecular complexity index is 606. The zero-order valence-electron chi connectivity index (χ0n) is 12.0. The first-order valence-corrected chi connectivity index (χ1v) is 7.16. The second-order valence-electron chi connectivity index (χ2n) is 5.23. The number of carbonyl (C=O) groups excluding carboxylic acids is 1. The highest BCUT2D eigenvalue weighted by Gasteiger charge is 2.27. The highest BCUT2D eigenvalue weighted by Crippen LogP contribution is 2.29. The van der Waals surface area contributed by atoms with Gasteiger partial charge in [0.25, 0.3) is 0 Å². The smallest absolute Gasteiger partial charge is 0.173 e. The molecule has 0 fully saturated rings. The van der Waals surface area contributed by atoms with Crippen molar-refractivity contribution < 1.29 is 14.3 Å². The SMILES string of the molecule is COc1ccc(CCC(=O)C2Cc3ccccc3O2)cc1. The first kappa shape index (κ1) is 13.7. The highest BCUT2D eigenvalue weighted by atomic mass is 16.5. The van der Waals surface area contributed by atoms with Gasteiger partial charge in [-0.15, -0.1) is 0 Å². The fourth-order valence-electron chi connectivity index (χ4n) is 2.58. The number of fused-ring (bicyclic) bond motifs is 1. The number of benzene rings is 2. The molecule has 1 aliphatic heterocycles. The molecule has 108 valence electrons.